The monoisotopic (exact) mass is 432 g/mol. The molecule has 1 aromatic rings. The highest BCUT2D eigenvalue weighted by molar-refractivity contribution is 8.15. The van der Waals surface area contributed by atoms with Crippen LogP contribution < -0.4 is 5.32 Å². The van der Waals surface area contributed by atoms with Crippen LogP contribution in [0.1, 0.15) is 57.4 Å². The van der Waals surface area contributed by atoms with Crippen LogP contribution >= 0.6 is 23.4 Å². The lowest BCUT2D eigenvalue weighted by molar-refractivity contribution is 0.158. The summed E-state index contributed by atoms with van der Waals surface area (Å²) in [6, 6.07) is 8.25. The third kappa shape index (κ3) is 4.80. The van der Waals surface area contributed by atoms with Crippen LogP contribution in [0, 0.1) is 0 Å². The molecule has 0 unspecified atom stereocenters. The summed E-state index contributed by atoms with van der Waals surface area (Å²) in [4.78, 5) is 24.7. The fourth-order valence-electron chi connectivity index (χ4n) is 4.36. The number of nitrogens with zero attached hydrogens (tertiary/aromatic N) is 3. The van der Waals surface area contributed by atoms with E-state index >= 15 is 0 Å². The van der Waals surface area contributed by atoms with Crippen molar-refractivity contribution < 1.29 is 4.79 Å². The number of urea groups is 1. The number of carbonyl (C=O) groups excluding carboxylic acids is 1. The lowest BCUT2D eigenvalue weighted by Gasteiger charge is -2.36. The van der Waals surface area contributed by atoms with E-state index in [4.69, 9.17) is 21.6 Å². The highest BCUT2D eigenvalue weighted by Crippen LogP contribution is 2.35. The lowest BCUT2D eigenvalue weighted by atomic mass is 9.95. The Hall–Kier alpha value is -1.53. The summed E-state index contributed by atoms with van der Waals surface area (Å²) >= 11 is 7.79. The van der Waals surface area contributed by atoms with Crippen LogP contribution in [0.4, 0.5) is 4.79 Å². The van der Waals surface area contributed by atoms with Crippen molar-refractivity contribution in [2.24, 2.45) is 9.98 Å². The number of rotatable bonds is 3. The molecular formula is C22H29ClN4OS. The number of nitrogens with one attached hydrogen (secondary N) is 1. The van der Waals surface area contributed by atoms with E-state index in [0.29, 0.717) is 19.1 Å². The minimum atomic E-state index is -0.423. The second kappa shape index (κ2) is 9.09. The Kier molecular flexibility index (Phi) is 6.50. The molecule has 1 N–H and O–H groups in total. The average molecular weight is 433 g/mol. The Morgan fingerprint density at radius 1 is 1.17 bits per heavy atom. The smallest absolute Gasteiger partial charge is 0.317 e. The van der Waals surface area contributed by atoms with Crippen molar-refractivity contribution in [1.29, 1.82) is 0 Å². The molecule has 156 valence electrons. The van der Waals surface area contributed by atoms with Crippen LogP contribution in [0.5, 0.6) is 0 Å². The summed E-state index contributed by atoms with van der Waals surface area (Å²) in [6.07, 6.45) is 7.51. The second-order valence-electron chi connectivity index (χ2n) is 8.07. The van der Waals surface area contributed by atoms with E-state index < -0.39 is 5.66 Å². The Labute approximate surface area is 182 Å². The van der Waals surface area contributed by atoms with Crippen LogP contribution in [-0.4, -0.2) is 52.2 Å². The van der Waals surface area contributed by atoms with Crippen molar-refractivity contribution in [2.75, 3.05) is 18.8 Å². The van der Waals surface area contributed by atoms with E-state index in [9.17, 15) is 4.79 Å². The van der Waals surface area contributed by atoms with Crippen LogP contribution in [0.2, 0.25) is 5.02 Å². The van der Waals surface area contributed by atoms with Gasteiger partial charge in [-0.15, -0.1) is 11.8 Å². The highest BCUT2D eigenvalue weighted by Gasteiger charge is 2.40. The third-order valence-electron chi connectivity index (χ3n) is 6.02. The molecule has 29 heavy (non-hydrogen) atoms. The third-order valence-corrected chi connectivity index (χ3v) is 7.11. The van der Waals surface area contributed by atoms with Crippen molar-refractivity contribution in [3.63, 3.8) is 0 Å². The van der Waals surface area contributed by atoms with Crippen LogP contribution in [0.15, 0.2) is 34.3 Å². The molecule has 1 aliphatic carbocycles. The number of aliphatic imine (C=N–C) groups is 2. The normalized spacial score (nSPS) is 21.8. The zero-order valence-corrected chi connectivity index (χ0v) is 18.6. The largest absolute Gasteiger partial charge is 0.335 e. The molecule has 4 rings (SSSR count). The molecule has 1 aromatic carbocycles. The fourth-order valence-corrected chi connectivity index (χ4v) is 5.29. The van der Waals surface area contributed by atoms with Crippen LogP contribution in [0.3, 0.4) is 0 Å². The number of amides is 2. The molecule has 0 aromatic heterocycles. The van der Waals surface area contributed by atoms with Gasteiger partial charge in [-0.25, -0.2) is 9.79 Å². The van der Waals surface area contributed by atoms with E-state index in [2.05, 4.69) is 12.2 Å². The number of carbonyl (C=O) groups is 1. The summed E-state index contributed by atoms with van der Waals surface area (Å²) in [7, 11) is 0. The Balaban J connectivity index is 1.43. The SMILES string of the molecule is CCSC1=NC2(CCN(C(=O)NC3CCCCC3)CC2)N=C1c1ccc(Cl)cc1. The van der Waals surface area contributed by atoms with Gasteiger partial charge < -0.3 is 10.2 Å². The molecule has 7 heteroatoms. The minimum Gasteiger partial charge on any atom is -0.335 e. The molecule has 1 saturated heterocycles. The van der Waals surface area contributed by atoms with Gasteiger partial charge in [-0.3, -0.25) is 4.99 Å². The van der Waals surface area contributed by atoms with Crippen molar-refractivity contribution in [3.8, 4) is 0 Å². The number of hydrogen-bond donors (Lipinski definition) is 1. The molecule has 0 bridgehead atoms. The number of hydrogen-bond acceptors (Lipinski definition) is 4. The molecule has 5 nitrogen and oxygen atoms in total. The molecule has 0 radical (unpaired) electrons. The van der Waals surface area contributed by atoms with Gasteiger partial charge in [0, 0.05) is 42.6 Å². The molecule has 3 aliphatic rings. The Morgan fingerprint density at radius 3 is 2.52 bits per heavy atom. The predicted octanol–water partition coefficient (Wildman–Crippen LogP) is 5.13. The van der Waals surface area contributed by atoms with Gasteiger partial charge in [-0.05, 0) is 30.7 Å². The molecule has 2 amide bonds. The highest BCUT2D eigenvalue weighted by atomic mass is 35.5. The van der Waals surface area contributed by atoms with E-state index in [1.807, 2.05) is 29.2 Å². The minimum absolute atomic E-state index is 0.0822. The van der Waals surface area contributed by atoms with E-state index in [-0.39, 0.29) is 6.03 Å². The summed E-state index contributed by atoms with van der Waals surface area (Å²) in [5.74, 6) is 0.956. The van der Waals surface area contributed by atoms with Gasteiger partial charge in [0.2, 0.25) is 0 Å². The number of benzene rings is 1. The van der Waals surface area contributed by atoms with E-state index in [0.717, 1.165) is 52.8 Å². The molecular weight excluding hydrogens is 404 g/mol. The lowest BCUT2D eigenvalue weighted by Crippen LogP contribution is -2.51. The first-order valence-electron chi connectivity index (χ1n) is 10.7. The van der Waals surface area contributed by atoms with Crippen molar-refractivity contribution in [3.05, 3.63) is 34.9 Å². The standard InChI is InChI=1S/C22H29ClN4OS/c1-2-29-20-19(16-8-10-17(23)11-9-16)25-22(26-20)12-14-27(15-13-22)21(28)24-18-6-4-3-5-7-18/h8-11,18H,2-7,12-15H2,1H3,(H,24,28). The van der Waals surface area contributed by atoms with E-state index in [1.54, 1.807) is 11.8 Å². The zero-order chi connectivity index (χ0) is 20.3. The maximum absolute atomic E-state index is 12.7. The fraction of sp³-hybridized carbons (Fsp3) is 0.591. The number of halogens is 1. The van der Waals surface area contributed by atoms with E-state index in [1.165, 1.54) is 19.3 Å². The van der Waals surface area contributed by atoms with Crippen molar-refractivity contribution >= 4 is 40.1 Å². The molecule has 1 spiro atoms. The average Bonchev–Trinajstić information content (AvgIpc) is 3.08. The maximum Gasteiger partial charge on any atom is 0.317 e. The number of likely N-dealkylation sites (tertiary alicyclic amines) is 1. The van der Waals surface area contributed by atoms with Crippen molar-refractivity contribution in [2.45, 2.75) is 63.6 Å². The zero-order valence-electron chi connectivity index (χ0n) is 17.0. The van der Waals surface area contributed by atoms with Gasteiger partial charge in [0.15, 0.2) is 5.66 Å². The predicted molar refractivity (Wildman–Crippen MR) is 122 cm³/mol. The Bertz CT molecular complexity index is 794. The van der Waals surface area contributed by atoms with Gasteiger partial charge in [0.1, 0.15) is 5.04 Å². The number of piperidine rings is 1. The summed E-state index contributed by atoms with van der Waals surface area (Å²) in [6.45, 7) is 3.53. The number of thioether (sulfide) groups is 1. The molecule has 0 atom stereocenters. The van der Waals surface area contributed by atoms with Gasteiger partial charge in [0.05, 0.1) is 5.71 Å². The van der Waals surface area contributed by atoms with Gasteiger partial charge in [-0.1, -0.05) is 49.9 Å². The summed E-state index contributed by atoms with van der Waals surface area (Å²) < 4.78 is 0. The topological polar surface area (TPSA) is 57.1 Å². The molecule has 1 saturated carbocycles. The molecule has 2 fully saturated rings. The first-order valence-corrected chi connectivity index (χ1v) is 12.1. The molecule has 2 aliphatic heterocycles. The first kappa shape index (κ1) is 20.7. The first-order chi connectivity index (χ1) is 14.1. The van der Waals surface area contributed by atoms with Crippen molar-refractivity contribution in [1.82, 2.24) is 10.2 Å². The Morgan fingerprint density at radius 2 is 1.86 bits per heavy atom. The van der Waals surface area contributed by atoms with Gasteiger partial charge >= 0.3 is 6.03 Å². The molecule has 2 heterocycles. The second-order valence-corrected chi connectivity index (χ2v) is 9.76. The summed E-state index contributed by atoms with van der Waals surface area (Å²) in [5.41, 5.74) is 1.60. The van der Waals surface area contributed by atoms with Crippen LogP contribution in [0.25, 0.3) is 0 Å². The van der Waals surface area contributed by atoms with Gasteiger partial charge in [0.25, 0.3) is 0 Å². The van der Waals surface area contributed by atoms with Gasteiger partial charge in [-0.2, -0.15) is 0 Å². The maximum atomic E-state index is 12.7. The summed E-state index contributed by atoms with van der Waals surface area (Å²) in [5, 5.41) is 4.97. The quantitative estimate of drug-likeness (QED) is 0.719. The van der Waals surface area contributed by atoms with Crippen LogP contribution in [-0.2, 0) is 0 Å².